The maximum Gasteiger partial charge on any atom is 0.122 e. The van der Waals surface area contributed by atoms with Crippen LogP contribution in [0.1, 0.15) is 0 Å². The van der Waals surface area contributed by atoms with E-state index in [-0.39, 0.29) is 0 Å². The van der Waals surface area contributed by atoms with E-state index < -0.39 is 18.0 Å². The molecule has 11 heavy (non-hydrogen) atoms. The van der Waals surface area contributed by atoms with Gasteiger partial charge < -0.3 is 10.2 Å². The van der Waals surface area contributed by atoms with Crippen molar-refractivity contribution in [1.82, 2.24) is 0 Å². The summed E-state index contributed by atoms with van der Waals surface area (Å²) in [5.41, 5.74) is 0.303. The predicted molar refractivity (Wildman–Crippen MR) is 39.5 cm³/mol. The van der Waals surface area contributed by atoms with Gasteiger partial charge in [0.1, 0.15) is 18.0 Å². The lowest BCUT2D eigenvalue weighted by Gasteiger charge is -2.19. The van der Waals surface area contributed by atoms with Crippen LogP contribution in [0.5, 0.6) is 0 Å². The Hall–Kier alpha value is -0.930. The zero-order valence-corrected chi connectivity index (χ0v) is 5.87. The van der Waals surface area contributed by atoms with Gasteiger partial charge in [0.25, 0.3) is 0 Å². The van der Waals surface area contributed by atoms with Crippen molar-refractivity contribution < 1.29 is 14.6 Å². The highest BCUT2D eigenvalue weighted by Crippen LogP contribution is 2.19. The standard InChI is InChI=1S/C8H9FO2/c1-2-5-3-6(9)4-7(10)8(5)11/h2-4,7-8,10-11H,1H2/t7-,8+/m0/s1. The summed E-state index contributed by atoms with van der Waals surface area (Å²) in [4.78, 5) is 0. The van der Waals surface area contributed by atoms with Crippen LogP contribution in [0.4, 0.5) is 4.39 Å². The summed E-state index contributed by atoms with van der Waals surface area (Å²) in [6.07, 6.45) is 1.21. The van der Waals surface area contributed by atoms with Gasteiger partial charge in [-0.2, -0.15) is 0 Å². The molecule has 0 saturated carbocycles. The molecule has 2 N–H and O–H groups in total. The summed E-state index contributed by atoms with van der Waals surface area (Å²) in [6, 6.07) is 0. The molecule has 0 unspecified atom stereocenters. The van der Waals surface area contributed by atoms with Crippen molar-refractivity contribution in [2.75, 3.05) is 0 Å². The summed E-state index contributed by atoms with van der Waals surface area (Å²) in [7, 11) is 0. The van der Waals surface area contributed by atoms with Gasteiger partial charge in [-0.1, -0.05) is 12.7 Å². The maximum atomic E-state index is 12.5. The first-order valence-corrected chi connectivity index (χ1v) is 3.22. The third kappa shape index (κ3) is 1.56. The smallest absolute Gasteiger partial charge is 0.122 e. The fraction of sp³-hybridized carbons (Fsp3) is 0.250. The lowest BCUT2D eigenvalue weighted by atomic mass is 9.99. The molecule has 1 rings (SSSR count). The molecule has 0 aromatic carbocycles. The Morgan fingerprint density at radius 3 is 2.73 bits per heavy atom. The van der Waals surface area contributed by atoms with Gasteiger partial charge in [0, 0.05) is 0 Å². The predicted octanol–water partition coefficient (Wildman–Crippen LogP) is 0.688. The lowest BCUT2D eigenvalue weighted by Crippen LogP contribution is -2.27. The van der Waals surface area contributed by atoms with E-state index in [1.165, 1.54) is 6.08 Å². The monoisotopic (exact) mass is 156 g/mol. The highest BCUT2D eigenvalue weighted by atomic mass is 19.1. The van der Waals surface area contributed by atoms with E-state index >= 15 is 0 Å². The van der Waals surface area contributed by atoms with Crippen molar-refractivity contribution >= 4 is 0 Å². The van der Waals surface area contributed by atoms with E-state index in [0.29, 0.717) is 5.57 Å². The van der Waals surface area contributed by atoms with Crippen LogP contribution in [0.15, 0.2) is 36.2 Å². The molecule has 0 aromatic rings. The molecule has 3 heteroatoms. The van der Waals surface area contributed by atoms with Crippen LogP contribution in [0.2, 0.25) is 0 Å². The molecule has 0 spiro atoms. The van der Waals surface area contributed by atoms with Gasteiger partial charge in [0.05, 0.1) is 0 Å². The molecule has 0 radical (unpaired) electrons. The average Bonchev–Trinajstić information content (AvgIpc) is 1.96. The van der Waals surface area contributed by atoms with E-state index in [2.05, 4.69) is 6.58 Å². The number of hydrogen-bond acceptors (Lipinski definition) is 2. The van der Waals surface area contributed by atoms with Crippen molar-refractivity contribution in [3.63, 3.8) is 0 Å². The van der Waals surface area contributed by atoms with Gasteiger partial charge in [-0.05, 0) is 17.7 Å². The zero-order valence-electron chi connectivity index (χ0n) is 5.87. The third-order valence-corrected chi connectivity index (χ3v) is 1.54. The van der Waals surface area contributed by atoms with Gasteiger partial charge in [-0.15, -0.1) is 0 Å². The summed E-state index contributed by atoms with van der Waals surface area (Å²) in [6.45, 7) is 3.37. The van der Waals surface area contributed by atoms with Crippen molar-refractivity contribution in [3.05, 3.63) is 36.2 Å². The van der Waals surface area contributed by atoms with Crippen LogP contribution < -0.4 is 0 Å². The number of hydrogen-bond donors (Lipinski definition) is 2. The average molecular weight is 156 g/mol. The molecular weight excluding hydrogens is 147 g/mol. The lowest BCUT2D eigenvalue weighted by molar-refractivity contribution is 0.0718. The fourth-order valence-corrected chi connectivity index (χ4v) is 0.924. The van der Waals surface area contributed by atoms with Gasteiger partial charge in [0.15, 0.2) is 0 Å². The minimum atomic E-state index is -1.16. The van der Waals surface area contributed by atoms with Crippen LogP contribution in [-0.2, 0) is 0 Å². The Balaban J connectivity index is 2.92. The number of aliphatic hydroxyl groups is 2. The van der Waals surface area contributed by atoms with E-state index in [0.717, 1.165) is 12.2 Å². The molecule has 0 amide bonds. The number of allylic oxidation sites excluding steroid dienone is 2. The molecular formula is C8H9FO2. The SMILES string of the molecule is C=CC1=CC(F)=C[C@H](O)[C@@H]1O. The first-order valence-electron chi connectivity index (χ1n) is 3.22. The summed E-state index contributed by atoms with van der Waals surface area (Å²) in [5.74, 6) is -0.544. The second-order valence-electron chi connectivity index (χ2n) is 2.34. The van der Waals surface area contributed by atoms with E-state index in [1.54, 1.807) is 0 Å². The van der Waals surface area contributed by atoms with E-state index in [4.69, 9.17) is 10.2 Å². The molecule has 0 bridgehead atoms. The van der Waals surface area contributed by atoms with Crippen LogP contribution >= 0.6 is 0 Å². The van der Waals surface area contributed by atoms with Gasteiger partial charge in [-0.25, -0.2) is 4.39 Å². The normalized spacial score (nSPS) is 30.8. The molecule has 0 saturated heterocycles. The molecule has 1 aliphatic rings. The first kappa shape index (κ1) is 8.17. The van der Waals surface area contributed by atoms with Crippen LogP contribution in [0.25, 0.3) is 0 Å². The highest BCUT2D eigenvalue weighted by Gasteiger charge is 2.21. The Morgan fingerprint density at radius 2 is 2.18 bits per heavy atom. The van der Waals surface area contributed by atoms with Crippen molar-refractivity contribution in [1.29, 1.82) is 0 Å². The minimum Gasteiger partial charge on any atom is -0.386 e. The quantitative estimate of drug-likeness (QED) is 0.586. The summed E-state index contributed by atoms with van der Waals surface area (Å²) >= 11 is 0. The van der Waals surface area contributed by atoms with Gasteiger partial charge in [-0.3, -0.25) is 0 Å². The van der Waals surface area contributed by atoms with Crippen molar-refractivity contribution in [3.8, 4) is 0 Å². The summed E-state index contributed by atoms with van der Waals surface area (Å²) < 4.78 is 12.5. The molecule has 1 aliphatic carbocycles. The van der Waals surface area contributed by atoms with Crippen LogP contribution in [0, 0.1) is 0 Å². The maximum absolute atomic E-state index is 12.5. The first-order chi connectivity index (χ1) is 5.15. The fourth-order valence-electron chi connectivity index (χ4n) is 0.924. The van der Waals surface area contributed by atoms with Gasteiger partial charge >= 0.3 is 0 Å². The van der Waals surface area contributed by atoms with Crippen molar-refractivity contribution in [2.24, 2.45) is 0 Å². The number of aliphatic hydroxyl groups excluding tert-OH is 2. The molecule has 60 valence electrons. The largest absolute Gasteiger partial charge is 0.386 e. The molecule has 0 aromatic heterocycles. The minimum absolute atomic E-state index is 0.303. The molecule has 0 heterocycles. The Bertz CT molecular complexity index is 230. The second kappa shape index (κ2) is 2.98. The second-order valence-corrected chi connectivity index (χ2v) is 2.34. The Morgan fingerprint density at radius 1 is 1.55 bits per heavy atom. The Kier molecular flexibility index (Phi) is 2.22. The van der Waals surface area contributed by atoms with Crippen molar-refractivity contribution in [2.45, 2.75) is 12.2 Å². The van der Waals surface area contributed by atoms with Crippen LogP contribution in [0.3, 0.4) is 0 Å². The third-order valence-electron chi connectivity index (χ3n) is 1.54. The number of rotatable bonds is 1. The molecule has 2 nitrogen and oxygen atoms in total. The van der Waals surface area contributed by atoms with Crippen LogP contribution in [-0.4, -0.2) is 22.4 Å². The molecule has 0 fully saturated rings. The zero-order chi connectivity index (χ0) is 8.43. The van der Waals surface area contributed by atoms with Gasteiger partial charge in [0.2, 0.25) is 0 Å². The topological polar surface area (TPSA) is 40.5 Å². The molecule has 2 atom stereocenters. The highest BCUT2D eigenvalue weighted by molar-refractivity contribution is 5.35. The van der Waals surface area contributed by atoms with E-state index in [9.17, 15) is 4.39 Å². The molecule has 0 aliphatic heterocycles. The van der Waals surface area contributed by atoms with E-state index in [1.807, 2.05) is 0 Å². The number of halogens is 1. The Labute approximate surface area is 64.0 Å². The summed E-state index contributed by atoms with van der Waals surface area (Å²) in [5, 5.41) is 18.1.